The third kappa shape index (κ3) is 3.33. The van der Waals surface area contributed by atoms with E-state index in [4.69, 9.17) is 4.74 Å². The number of H-pyrrole nitrogens is 1. The van der Waals surface area contributed by atoms with Crippen LogP contribution in [0.1, 0.15) is 47.9 Å². The number of hydrogen-bond donors (Lipinski definition) is 1. The van der Waals surface area contributed by atoms with Crippen LogP contribution >= 0.6 is 0 Å². The fourth-order valence-electron chi connectivity index (χ4n) is 2.97. The van der Waals surface area contributed by atoms with Gasteiger partial charge in [-0.15, -0.1) is 0 Å². The lowest BCUT2D eigenvalue weighted by atomic mass is 9.98. The largest absolute Gasteiger partial charge is 0.449 e. The second kappa shape index (κ2) is 7.34. The monoisotopic (exact) mass is 335 g/mol. The zero-order valence-electron chi connectivity index (χ0n) is 14.4. The first-order valence-electron chi connectivity index (χ1n) is 8.53. The Hall–Kier alpha value is -2.88. The van der Waals surface area contributed by atoms with Crippen LogP contribution < -0.4 is 0 Å². The fraction of sp³-hybridized carbons (Fsp3) is 0.238. The lowest BCUT2D eigenvalue weighted by Gasteiger charge is -2.16. The molecule has 0 aliphatic heterocycles. The number of aromatic amines is 1. The van der Waals surface area contributed by atoms with E-state index >= 15 is 0 Å². The summed E-state index contributed by atoms with van der Waals surface area (Å²) in [6.07, 6.45) is 1.88. The first-order chi connectivity index (χ1) is 12.2. The molecule has 0 bridgehead atoms. The van der Waals surface area contributed by atoms with E-state index in [1.54, 1.807) is 25.3 Å². The molecule has 0 saturated heterocycles. The molecule has 0 aliphatic rings. The summed E-state index contributed by atoms with van der Waals surface area (Å²) >= 11 is 0. The first kappa shape index (κ1) is 17.0. The molecule has 0 spiro atoms. The Bertz CT molecular complexity index is 896. The molecule has 1 N–H and O–H groups in total. The number of ether oxygens (including phenoxy) is 1. The molecule has 3 aromatic rings. The van der Waals surface area contributed by atoms with Gasteiger partial charge in [0.2, 0.25) is 5.78 Å². The summed E-state index contributed by atoms with van der Waals surface area (Å²) in [7, 11) is 0. The summed E-state index contributed by atoms with van der Waals surface area (Å²) in [4.78, 5) is 28.2. The first-order valence-corrected chi connectivity index (χ1v) is 8.53. The molecule has 1 atom stereocenters. The number of Topliss-reactive ketones (excluding diaryl/α,β-unsaturated/α-hetero) is 1. The van der Waals surface area contributed by atoms with E-state index in [9.17, 15) is 9.59 Å². The summed E-state index contributed by atoms with van der Waals surface area (Å²) in [5, 5.41) is 0.859. The number of para-hydroxylation sites is 1. The Kier molecular flexibility index (Phi) is 4.98. The zero-order chi connectivity index (χ0) is 17.8. The maximum atomic E-state index is 13.2. The van der Waals surface area contributed by atoms with Gasteiger partial charge in [0.25, 0.3) is 0 Å². The Morgan fingerprint density at radius 3 is 2.48 bits per heavy atom. The highest BCUT2D eigenvalue weighted by molar-refractivity contribution is 6.11. The number of carbonyl (C=O) groups is 2. The van der Waals surface area contributed by atoms with Gasteiger partial charge in [-0.2, -0.15) is 0 Å². The van der Waals surface area contributed by atoms with Crippen LogP contribution in [0.5, 0.6) is 0 Å². The van der Waals surface area contributed by atoms with Crippen molar-refractivity contribution >= 4 is 22.7 Å². The van der Waals surface area contributed by atoms with E-state index in [1.807, 2.05) is 36.4 Å². The van der Waals surface area contributed by atoms with Gasteiger partial charge >= 0.3 is 5.97 Å². The van der Waals surface area contributed by atoms with Crippen molar-refractivity contribution in [3.8, 4) is 0 Å². The number of rotatable bonds is 6. The topological polar surface area (TPSA) is 59.2 Å². The highest BCUT2D eigenvalue weighted by Gasteiger charge is 2.27. The minimum absolute atomic E-state index is 0.215. The minimum Gasteiger partial charge on any atom is -0.449 e. The molecule has 0 fully saturated rings. The number of nitrogens with one attached hydrogen (secondary N) is 1. The lowest BCUT2D eigenvalue weighted by Crippen LogP contribution is -2.19. The van der Waals surface area contributed by atoms with Crippen LogP contribution in [0.2, 0.25) is 0 Å². The Morgan fingerprint density at radius 1 is 1.04 bits per heavy atom. The predicted octanol–water partition coefficient (Wildman–Crippen LogP) is 4.61. The summed E-state index contributed by atoms with van der Waals surface area (Å²) in [5.74, 6) is -0.608. The van der Waals surface area contributed by atoms with E-state index in [1.165, 1.54) is 0 Å². The Morgan fingerprint density at radius 2 is 1.80 bits per heavy atom. The van der Waals surface area contributed by atoms with E-state index in [2.05, 4.69) is 11.9 Å². The molecule has 2 aromatic carbocycles. The van der Waals surface area contributed by atoms with Crippen molar-refractivity contribution in [2.75, 3.05) is 0 Å². The van der Waals surface area contributed by atoms with Crippen LogP contribution in [0.25, 0.3) is 10.9 Å². The molecule has 1 heterocycles. The second-order valence-electron chi connectivity index (χ2n) is 5.89. The lowest BCUT2D eigenvalue weighted by molar-refractivity contribution is -0.146. The van der Waals surface area contributed by atoms with E-state index in [0.29, 0.717) is 11.1 Å². The van der Waals surface area contributed by atoms with Crippen molar-refractivity contribution < 1.29 is 14.3 Å². The molecule has 4 nitrogen and oxygen atoms in total. The molecule has 4 heteroatoms. The number of carbonyl (C=O) groups excluding carboxylic acids is 2. The van der Waals surface area contributed by atoms with Crippen LogP contribution in [-0.2, 0) is 16.0 Å². The van der Waals surface area contributed by atoms with Crippen molar-refractivity contribution in [1.82, 2.24) is 4.98 Å². The number of benzene rings is 2. The van der Waals surface area contributed by atoms with Crippen molar-refractivity contribution in [2.45, 2.75) is 32.8 Å². The minimum atomic E-state index is -0.932. The molecule has 0 aliphatic carbocycles. The summed E-state index contributed by atoms with van der Waals surface area (Å²) in [5.41, 5.74) is 3.33. The Labute approximate surface area is 146 Å². The van der Waals surface area contributed by atoms with Crippen LogP contribution in [-0.4, -0.2) is 16.7 Å². The van der Waals surface area contributed by atoms with E-state index in [0.717, 1.165) is 22.9 Å². The van der Waals surface area contributed by atoms with Gasteiger partial charge in [0.1, 0.15) is 0 Å². The summed E-state index contributed by atoms with van der Waals surface area (Å²) in [6, 6.07) is 15.0. The summed E-state index contributed by atoms with van der Waals surface area (Å²) < 4.78 is 5.47. The standard InChI is InChI=1S/C21H21NO3/c1-3-14-11-8-12-16-17(13-22-19(14)16)20(24)21(25-18(23)4-2)15-9-6-5-7-10-15/h5-13,21-22H,3-4H2,1-2H3/t21-/m0/s1. The molecule has 0 saturated carbocycles. The normalized spacial score (nSPS) is 12.1. The quantitative estimate of drug-likeness (QED) is 0.529. The summed E-state index contributed by atoms with van der Waals surface area (Å²) in [6.45, 7) is 3.79. The van der Waals surface area contributed by atoms with Crippen molar-refractivity contribution in [2.24, 2.45) is 0 Å². The molecular formula is C21H21NO3. The van der Waals surface area contributed by atoms with Gasteiger partial charge in [-0.25, -0.2) is 0 Å². The second-order valence-corrected chi connectivity index (χ2v) is 5.89. The predicted molar refractivity (Wildman–Crippen MR) is 97.6 cm³/mol. The number of esters is 1. The van der Waals surface area contributed by atoms with Gasteiger partial charge < -0.3 is 9.72 Å². The van der Waals surface area contributed by atoms with Crippen molar-refractivity contribution in [3.63, 3.8) is 0 Å². The maximum Gasteiger partial charge on any atom is 0.306 e. The number of ketones is 1. The Balaban J connectivity index is 2.05. The molecule has 25 heavy (non-hydrogen) atoms. The smallest absolute Gasteiger partial charge is 0.306 e. The molecular weight excluding hydrogens is 314 g/mol. The average molecular weight is 335 g/mol. The number of fused-ring (bicyclic) bond motifs is 1. The average Bonchev–Trinajstić information content (AvgIpc) is 3.10. The van der Waals surface area contributed by atoms with Gasteiger partial charge in [-0.3, -0.25) is 9.59 Å². The van der Waals surface area contributed by atoms with Gasteiger partial charge in [0, 0.05) is 34.6 Å². The van der Waals surface area contributed by atoms with Gasteiger partial charge in [0.15, 0.2) is 6.10 Å². The van der Waals surface area contributed by atoms with Gasteiger partial charge in [0.05, 0.1) is 0 Å². The molecule has 3 rings (SSSR count). The highest BCUT2D eigenvalue weighted by atomic mass is 16.5. The molecule has 0 radical (unpaired) electrons. The van der Waals surface area contributed by atoms with Crippen LogP contribution in [0.3, 0.4) is 0 Å². The third-order valence-electron chi connectivity index (χ3n) is 4.33. The van der Waals surface area contributed by atoms with Crippen LogP contribution in [0.15, 0.2) is 54.7 Å². The zero-order valence-corrected chi connectivity index (χ0v) is 14.4. The molecule has 1 aromatic heterocycles. The maximum absolute atomic E-state index is 13.2. The fourth-order valence-corrected chi connectivity index (χ4v) is 2.97. The van der Waals surface area contributed by atoms with Crippen molar-refractivity contribution in [3.05, 3.63) is 71.4 Å². The van der Waals surface area contributed by atoms with E-state index in [-0.39, 0.29) is 12.2 Å². The number of aromatic nitrogens is 1. The van der Waals surface area contributed by atoms with Crippen LogP contribution in [0.4, 0.5) is 0 Å². The number of aryl methyl sites for hydroxylation is 1. The highest BCUT2D eigenvalue weighted by Crippen LogP contribution is 2.29. The molecule has 128 valence electrons. The number of hydrogen-bond acceptors (Lipinski definition) is 3. The molecule has 0 amide bonds. The van der Waals surface area contributed by atoms with Gasteiger partial charge in [-0.05, 0) is 12.0 Å². The third-order valence-corrected chi connectivity index (χ3v) is 4.33. The molecule has 0 unspecified atom stereocenters. The van der Waals surface area contributed by atoms with E-state index < -0.39 is 12.1 Å². The van der Waals surface area contributed by atoms with Crippen molar-refractivity contribution in [1.29, 1.82) is 0 Å². The van der Waals surface area contributed by atoms with Crippen LogP contribution in [0, 0.1) is 0 Å². The SMILES string of the molecule is CCC(=O)O[C@H](C(=O)c1c[nH]c2c(CC)cccc12)c1ccccc1. The van der Waals surface area contributed by atoms with Gasteiger partial charge in [-0.1, -0.05) is 62.4 Å².